The summed E-state index contributed by atoms with van der Waals surface area (Å²) in [5.74, 6) is 1.43. The van der Waals surface area contributed by atoms with Crippen molar-refractivity contribution in [2.45, 2.75) is 39.5 Å². The molecular formula is C11H16N2O. The highest BCUT2D eigenvalue weighted by Gasteiger charge is 2.23. The zero-order valence-corrected chi connectivity index (χ0v) is 8.76. The predicted octanol–water partition coefficient (Wildman–Crippen LogP) is 2.00. The first kappa shape index (κ1) is 9.44. The van der Waals surface area contributed by atoms with Gasteiger partial charge in [-0.15, -0.1) is 0 Å². The first-order chi connectivity index (χ1) is 6.66. The summed E-state index contributed by atoms with van der Waals surface area (Å²) in [7, 11) is 0. The largest absolute Gasteiger partial charge is 0.310 e. The van der Waals surface area contributed by atoms with Crippen LogP contribution in [0.5, 0.6) is 0 Å². The number of hydrogen-bond acceptors (Lipinski definition) is 2. The Balaban J connectivity index is 2.26. The molecule has 0 saturated heterocycles. The molecule has 76 valence electrons. The van der Waals surface area contributed by atoms with Crippen LogP contribution in [0.3, 0.4) is 0 Å². The van der Waals surface area contributed by atoms with Gasteiger partial charge in [0.2, 0.25) is 5.91 Å². The Morgan fingerprint density at radius 1 is 1.36 bits per heavy atom. The lowest BCUT2D eigenvalue weighted by Crippen LogP contribution is -2.16. The molecule has 2 aliphatic rings. The first-order valence-corrected chi connectivity index (χ1v) is 5.26. The van der Waals surface area contributed by atoms with Crippen LogP contribution in [0.15, 0.2) is 16.4 Å². The van der Waals surface area contributed by atoms with Crippen molar-refractivity contribution in [1.29, 1.82) is 0 Å². The Kier molecular flexibility index (Phi) is 2.40. The topological polar surface area (TPSA) is 41.5 Å². The van der Waals surface area contributed by atoms with Crippen LogP contribution < -0.4 is 5.32 Å². The Hall–Kier alpha value is -1.12. The third-order valence-corrected chi connectivity index (χ3v) is 2.80. The lowest BCUT2D eigenvalue weighted by atomic mass is 10.0. The van der Waals surface area contributed by atoms with Crippen LogP contribution >= 0.6 is 0 Å². The molecule has 0 atom stereocenters. The Morgan fingerprint density at radius 3 is 2.86 bits per heavy atom. The second-order valence-electron chi connectivity index (χ2n) is 4.29. The molecule has 0 bridgehead atoms. The quantitative estimate of drug-likeness (QED) is 0.678. The van der Waals surface area contributed by atoms with Crippen LogP contribution in [0, 0.1) is 5.92 Å². The maximum atomic E-state index is 11.2. The van der Waals surface area contributed by atoms with Crippen LogP contribution in [0.4, 0.5) is 0 Å². The Bertz CT molecular complexity index is 326. The van der Waals surface area contributed by atoms with Crippen molar-refractivity contribution in [1.82, 2.24) is 5.32 Å². The van der Waals surface area contributed by atoms with E-state index in [0.717, 1.165) is 25.1 Å². The average molecular weight is 192 g/mol. The highest BCUT2D eigenvalue weighted by molar-refractivity contribution is 5.90. The SMILES string of the molecule is CC(C)C1=NC2=C(CCC1)CC(=O)N2. The molecule has 0 aromatic carbocycles. The number of carbonyl (C=O) groups excluding carboxylic acids is 1. The average Bonchev–Trinajstić information content (AvgIpc) is 2.32. The van der Waals surface area contributed by atoms with Gasteiger partial charge in [-0.2, -0.15) is 0 Å². The van der Waals surface area contributed by atoms with E-state index in [0.29, 0.717) is 12.3 Å². The fraction of sp³-hybridized carbons (Fsp3) is 0.636. The smallest absolute Gasteiger partial charge is 0.229 e. The summed E-state index contributed by atoms with van der Waals surface area (Å²) in [6.07, 6.45) is 3.78. The maximum Gasteiger partial charge on any atom is 0.229 e. The molecule has 0 aromatic heterocycles. The molecule has 0 spiro atoms. The third-order valence-electron chi connectivity index (χ3n) is 2.80. The molecular weight excluding hydrogens is 176 g/mol. The van der Waals surface area contributed by atoms with Gasteiger partial charge >= 0.3 is 0 Å². The molecule has 2 aliphatic heterocycles. The van der Waals surface area contributed by atoms with Crippen LogP contribution in [0.1, 0.15) is 39.5 Å². The molecule has 0 fully saturated rings. The van der Waals surface area contributed by atoms with Crippen molar-refractivity contribution < 1.29 is 4.79 Å². The molecule has 3 nitrogen and oxygen atoms in total. The summed E-state index contributed by atoms with van der Waals surface area (Å²) in [5.41, 5.74) is 2.42. The van der Waals surface area contributed by atoms with E-state index in [2.05, 4.69) is 24.2 Å². The minimum Gasteiger partial charge on any atom is -0.310 e. The second kappa shape index (κ2) is 3.56. The van der Waals surface area contributed by atoms with Gasteiger partial charge in [-0.3, -0.25) is 4.79 Å². The van der Waals surface area contributed by atoms with Gasteiger partial charge in [0.05, 0.1) is 6.42 Å². The minimum absolute atomic E-state index is 0.101. The van der Waals surface area contributed by atoms with Gasteiger partial charge < -0.3 is 5.32 Å². The molecule has 2 heterocycles. The van der Waals surface area contributed by atoms with Crippen LogP contribution in [0.25, 0.3) is 0 Å². The molecule has 0 aromatic rings. The van der Waals surface area contributed by atoms with E-state index < -0.39 is 0 Å². The number of amides is 1. The fourth-order valence-electron chi connectivity index (χ4n) is 1.96. The fourth-order valence-corrected chi connectivity index (χ4v) is 1.96. The van der Waals surface area contributed by atoms with Crippen LogP contribution in [0.2, 0.25) is 0 Å². The predicted molar refractivity (Wildman–Crippen MR) is 55.9 cm³/mol. The number of rotatable bonds is 1. The normalized spacial score (nSPS) is 21.9. The Morgan fingerprint density at radius 2 is 2.14 bits per heavy atom. The summed E-state index contributed by atoms with van der Waals surface area (Å²) in [5, 5.41) is 2.83. The number of carbonyl (C=O) groups is 1. The van der Waals surface area contributed by atoms with Crippen LogP contribution in [-0.4, -0.2) is 11.6 Å². The molecule has 1 N–H and O–H groups in total. The summed E-state index contributed by atoms with van der Waals surface area (Å²) in [6.45, 7) is 4.31. The highest BCUT2D eigenvalue weighted by Crippen LogP contribution is 2.26. The maximum absolute atomic E-state index is 11.2. The molecule has 0 aliphatic carbocycles. The zero-order valence-electron chi connectivity index (χ0n) is 8.76. The number of nitrogens with one attached hydrogen (secondary N) is 1. The molecule has 0 unspecified atom stereocenters. The van der Waals surface area contributed by atoms with Crippen molar-refractivity contribution in [3.63, 3.8) is 0 Å². The summed E-state index contributed by atoms with van der Waals surface area (Å²) < 4.78 is 0. The van der Waals surface area contributed by atoms with E-state index in [1.54, 1.807) is 0 Å². The van der Waals surface area contributed by atoms with E-state index in [1.807, 2.05) is 0 Å². The number of hydrogen-bond donors (Lipinski definition) is 1. The van der Waals surface area contributed by atoms with Crippen LogP contribution in [-0.2, 0) is 4.79 Å². The lowest BCUT2D eigenvalue weighted by molar-refractivity contribution is -0.118. The van der Waals surface area contributed by atoms with Crippen molar-refractivity contribution in [3.05, 3.63) is 11.4 Å². The van der Waals surface area contributed by atoms with E-state index in [-0.39, 0.29) is 5.91 Å². The summed E-state index contributed by atoms with van der Waals surface area (Å²) in [4.78, 5) is 15.7. The van der Waals surface area contributed by atoms with Crippen molar-refractivity contribution in [2.75, 3.05) is 0 Å². The molecule has 0 saturated carbocycles. The number of nitrogens with zero attached hydrogens (tertiary/aromatic N) is 1. The molecule has 2 rings (SSSR count). The molecule has 0 radical (unpaired) electrons. The van der Waals surface area contributed by atoms with Gasteiger partial charge in [0, 0.05) is 5.71 Å². The van der Waals surface area contributed by atoms with Crippen molar-refractivity contribution in [2.24, 2.45) is 10.9 Å². The van der Waals surface area contributed by atoms with Gasteiger partial charge in [-0.05, 0) is 30.8 Å². The van der Waals surface area contributed by atoms with E-state index in [4.69, 9.17) is 0 Å². The van der Waals surface area contributed by atoms with E-state index >= 15 is 0 Å². The van der Waals surface area contributed by atoms with E-state index in [1.165, 1.54) is 11.3 Å². The van der Waals surface area contributed by atoms with Crippen molar-refractivity contribution >= 4 is 11.6 Å². The van der Waals surface area contributed by atoms with Gasteiger partial charge in [0.15, 0.2) is 0 Å². The molecule has 3 heteroatoms. The van der Waals surface area contributed by atoms with Gasteiger partial charge in [-0.25, -0.2) is 4.99 Å². The summed E-state index contributed by atoms with van der Waals surface area (Å²) in [6, 6.07) is 0. The van der Waals surface area contributed by atoms with Gasteiger partial charge in [0.25, 0.3) is 0 Å². The van der Waals surface area contributed by atoms with Crippen molar-refractivity contribution in [3.8, 4) is 0 Å². The first-order valence-electron chi connectivity index (χ1n) is 5.26. The molecule has 1 amide bonds. The second-order valence-corrected chi connectivity index (χ2v) is 4.29. The zero-order chi connectivity index (χ0) is 10.1. The summed E-state index contributed by atoms with van der Waals surface area (Å²) >= 11 is 0. The molecule has 14 heavy (non-hydrogen) atoms. The van der Waals surface area contributed by atoms with Gasteiger partial charge in [0.1, 0.15) is 5.82 Å². The van der Waals surface area contributed by atoms with Gasteiger partial charge in [-0.1, -0.05) is 13.8 Å². The standard InChI is InChI=1S/C11H16N2O/c1-7(2)9-5-3-4-8-6-10(14)13-11(8)12-9/h7H,3-6H2,1-2H3,(H,13,14). The van der Waals surface area contributed by atoms with E-state index in [9.17, 15) is 4.79 Å². The highest BCUT2D eigenvalue weighted by atomic mass is 16.1. The Labute approximate surface area is 84.3 Å². The lowest BCUT2D eigenvalue weighted by Gasteiger charge is -2.08. The minimum atomic E-state index is 0.101. The number of aliphatic imine (C=N–C) groups is 1. The monoisotopic (exact) mass is 192 g/mol. The third kappa shape index (κ3) is 1.72.